The van der Waals surface area contributed by atoms with Crippen LogP contribution in [0.15, 0.2) is 29.5 Å². The molecule has 0 aliphatic carbocycles. The number of aliphatic carboxylic acids is 1. The molecule has 0 heterocycles. The van der Waals surface area contributed by atoms with Crippen molar-refractivity contribution >= 4 is 12.2 Å². The highest BCUT2D eigenvalue weighted by molar-refractivity contribution is 5.68. The number of aliphatic hydroxyl groups is 3. The van der Waals surface area contributed by atoms with Crippen molar-refractivity contribution in [3.8, 4) is 0 Å². The van der Waals surface area contributed by atoms with Gasteiger partial charge >= 0.3 is 5.97 Å². The highest BCUT2D eigenvalue weighted by atomic mass is 16.6. The topological polar surface area (TPSA) is 120 Å². The third kappa shape index (κ3) is 12.6. The second kappa shape index (κ2) is 15.5. The van der Waals surface area contributed by atoms with Crippen LogP contribution in [0.25, 0.3) is 0 Å². The fourth-order valence-corrected chi connectivity index (χ4v) is 2.45. The van der Waals surface area contributed by atoms with Crippen molar-refractivity contribution in [1.82, 2.24) is 0 Å². The maximum absolute atomic E-state index is 10.6. The van der Waals surface area contributed by atoms with E-state index in [-0.39, 0.29) is 12.8 Å². The third-order valence-corrected chi connectivity index (χ3v) is 3.96. The lowest BCUT2D eigenvalue weighted by molar-refractivity contribution is -0.136. The number of oxime groups is 1. The zero-order valence-electron chi connectivity index (χ0n) is 15.7. The van der Waals surface area contributed by atoms with E-state index in [1.54, 1.807) is 12.2 Å². The molecule has 7 heteroatoms. The van der Waals surface area contributed by atoms with Crippen molar-refractivity contribution in [2.75, 3.05) is 7.11 Å². The minimum atomic E-state index is -0.976. The van der Waals surface area contributed by atoms with Gasteiger partial charge in [0, 0.05) is 18.6 Å². The summed E-state index contributed by atoms with van der Waals surface area (Å²) in [6.07, 6.45) is 9.09. The van der Waals surface area contributed by atoms with Gasteiger partial charge in [0.15, 0.2) is 0 Å². The van der Waals surface area contributed by atoms with Gasteiger partial charge in [0.05, 0.1) is 24.7 Å². The number of carbonyl (C=O) groups is 1. The third-order valence-electron chi connectivity index (χ3n) is 3.96. The van der Waals surface area contributed by atoms with Crippen LogP contribution in [0.2, 0.25) is 0 Å². The van der Waals surface area contributed by atoms with Gasteiger partial charge in [-0.1, -0.05) is 55.6 Å². The van der Waals surface area contributed by atoms with Gasteiger partial charge in [-0.05, 0) is 12.8 Å². The van der Waals surface area contributed by atoms with Gasteiger partial charge < -0.3 is 25.3 Å². The van der Waals surface area contributed by atoms with Crippen LogP contribution >= 0.6 is 0 Å². The van der Waals surface area contributed by atoms with Gasteiger partial charge in [-0.3, -0.25) is 4.79 Å². The van der Waals surface area contributed by atoms with Gasteiger partial charge in [-0.15, -0.1) is 0 Å². The molecule has 150 valence electrons. The standard InChI is InChI=1S/C19H33NO6/c1-3-4-5-8-15(21)11-12-17(22)16(9-6-7-10-19(24)25)18(23)13-14-20-26-2/h6-7,11-12,14-18,21-23H,3-5,8-10,13H2,1-2H3,(H,24,25)/b7-6-,12-11+,20-14+/t15-,16+,17+,18+/m0/s1. The summed E-state index contributed by atoms with van der Waals surface area (Å²) in [6, 6.07) is 0. The van der Waals surface area contributed by atoms with E-state index in [4.69, 9.17) is 5.11 Å². The van der Waals surface area contributed by atoms with Gasteiger partial charge in [0.2, 0.25) is 0 Å². The molecule has 0 rings (SSSR count). The molecule has 0 aromatic rings. The Kier molecular flexibility index (Phi) is 14.5. The average Bonchev–Trinajstić information content (AvgIpc) is 2.59. The van der Waals surface area contributed by atoms with Crippen LogP contribution in [0.4, 0.5) is 0 Å². The lowest BCUT2D eigenvalue weighted by atomic mass is 9.89. The summed E-state index contributed by atoms with van der Waals surface area (Å²) in [5.74, 6) is -1.50. The summed E-state index contributed by atoms with van der Waals surface area (Å²) in [5, 5.41) is 42.8. The first-order valence-electron chi connectivity index (χ1n) is 9.06. The monoisotopic (exact) mass is 371 g/mol. The fraction of sp³-hybridized carbons (Fsp3) is 0.684. The lowest BCUT2D eigenvalue weighted by Gasteiger charge is -2.24. The average molecular weight is 371 g/mol. The molecule has 0 aliphatic rings. The normalized spacial score (nSPS) is 17.0. The minimum Gasteiger partial charge on any atom is -0.481 e. The molecule has 0 aromatic heterocycles. The zero-order valence-corrected chi connectivity index (χ0v) is 15.7. The molecule has 4 atom stereocenters. The summed E-state index contributed by atoms with van der Waals surface area (Å²) in [6.45, 7) is 2.09. The Bertz CT molecular complexity index is 449. The van der Waals surface area contributed by atoms with Gasteiger partial charge in [-0.2, -0.15) is 0 Å². The second-order valence-corrected chi connectivity index (χ2v) is 6.18. The molecule has 0 spiro atoms. The molecule has 0 saturated carbocycles. The number of aliphatic hydroxyl groups excluding tert-OH is 3. The number of hydrogen-bond acceptors (Lipinski definition) is 6. The Hall–Kier alpha value is -1.70. The largest absolute Gasteiger partial charge is 0.481 e. The van der Waals surface area contributed by atoms with Crippen molar-refractivity contribution in [1.29, 1.82) is 0 Å². The van der Waals surface area contributed by atoms with E-state index in [0.717, 1.165) is 19.3 Å². The van der Waals surface area contributed by atoms with Crippen LogP contribution in [0.1, 0.15) is 51.9 Å². The quantitative estimate of drug-likeness (QED) is 0.152. The summed E-state index contributed by atoms with van der Waals surface area (Å²) < 4.78 is 0. The number of carboxylic acid groups (broad SMARTS) is 1. The Balaban J connectivity index is 4.79. The molecular weight excluding hydrogens is 338 g/mol. The SMILES string of the molecule is CCCCC[C@H](O)/C=C/[C@@H](O)[C@@H](C/C=C\CC(=O)O)[C@H](O)C/C=N/OC. The Morgan fingerprint density at radius 1 is 1.12 bits per heavy atom. The van der Waals surface area contributed by atoms with Gasteiger partial charge in [0.1, 0.15) is 7.11 Å². The molecular formula is C19H33NO6. The number of rotatable bonds is 15. The van der Waals surface area contributed by atoms with E-state index in [1.807, 2.05) is 0 Å². The first-order valence-corrected chi connectivity index (χ1v) is 9.06. The summed E-state index contributed by atoms with van der Waals surface area (Å²) in [7, 11) is 1.40. The van der Waals surface area contributed by atoms with Crippen LogP contribution in [0.3, 0.4) is 0 Å². The van der Waals surface area contributed by atoms with Crippen molar-refractivity contribution in [3.05, 3.63) is 24.3 Å². The van der Waals surface area contributed by atoms with Crippen molar-refractivity contribution in [3.63, 3.8) is 0 Å². The highest BCUT2D eigenvalue weighted by Crippen LogP contribution is 2.19. The fourth-order valence-electron chi connectivity index (χ4n) is 2.45. The zero-order chi connectivity index (χ0) is 19.8. The molecule has 26 heavy (non-hydrogen) atoms. The Morgan fingerprint density at radius 3 is 2.46 bits per heavy atom. The predicted octanol–water partition coefficient (Wildman–Crippen LogP) is 2.27. The van der Waals surface area contributed by atoms with Gasteiger partial charge in [0.25, 0.3) is 0 Å². The highest BCUT2D eigenvalue weighted by Gasteiger charge is 2.24. The molecule has 0 unspecified atom stereocenters. The second-order valence-electron chi connectivity index (χ2n) is 6.18. The van der Waals surface area contributed by atoms with Gasteiger partial charge in [-0.25, -0.2) is 0 Å². The molecule has 0 aromatic carbocycles. The van der Waals surface area contributed by atoms with E-state index < -0.39 is 30.2 Å². The molecule has 0 amide bonds. The van der Waals surface area contributed by atoms with Crippen LogP contribution in [-0.2, 0) is 9.63 Å². The maximum atomic E-state index is 10.6. The number of allylic oxidation sites excluding steroid dienone is 1. The Morgan fingerprint density at radius 2 is 1.85 bits per heavy atom. The van der Waals surface area contributed by atoms with Crippen molar-refractivity contribution < 1.29 is 30.1 Å². The number of nitrogens with zero attached hydrogens (tertiary/aromatic N) is 1. The smallest absolute Gasteiger partial charge is 0.307 e. The molecule has 0 radical (unpaired) electrons. The van der Waals surface area contributed by atoms with Crippen LogP contribution < -0.4 is 0 Å². The molecule has 0 fully saturated rings. The van der Waals surface area contributed by atoms with E-state index in [9.17, 15) is 20.1 Å². The first-order chi connectivity index (χ1) is 12.4. The van der Waals surface area contributed by atoms with Crippen LogP contribution in [0.5, 0.6) is 0 Å². The summed E-state index contributed by atoms with van der Waals surface area (Å²) in [5.41, 5.74) is 0. The van der Waals surface area contributed by atoms with E-state index in [0.29, 0.717) is 12.8 Å². The molecule has 0 bridgehead atoms. The minimum absolute atomic E-state index is 0.115. The lowest BCUT2D eigenvalue weighted by Crippen LogP contribution is -2.31. The number of hydrogen-bond donors (Lipinski definition) is 4. The summed E-state index contributed by atoms with van der Waals surface area (Å²) >= 11 is 0. The molecule has 4 N–H and O–H groups in total. The van der Waals surface area contributed by atoms with E-state index >= 15 is 0 Å². The van der Waals surface area contributed by atoms with Crippen molar-refractivity contribution in [2.45, 2.75) is 70.2 Å². The Labute approximate surface area is 155 Å². The molecule has 7 nitrogen and oxygen atoms in total. The molecule has 0 aliphatic heterocycles. The predicted molar refractivity (Wildman–Crippen MR) is 101 cm³/mol. The van der Waals surface area contributed by atoms with Crippen LogP contribution in [-0.4, -0.2) is 58.0 Å². The number of carboxylic acids is 1. The summed E-state index contributed by atoms with van der Waals surface area (Å²) in [4.78, 5) is 15.1. The van der Waals surface area contributed by atoms with E-state index in [2.05, 4.69) is 16.9 Å². The number of unbranched alkanes of at least 4 members (excludes halogenated alkanes) is 2. The molecule has 0 saturated heterocycles. The van der Waals surface area contributed by atoms with E-state index in [1.165, 1.54) is 25.5 Å². The van der Waals surface area contributed by atoms with Crippen molar-refractivity contribution in [2.24, 2.45) is 11.1 Å². The van der Waals surface area contributed by atoms with Crippen LogP contribution in [0, 0.1) is 5.92 Å². The maximum Gasteiger partial charge on any atom is 0.307 e. The first kappa shape index (κ1) is 24.3.